The van der Waals surface area contributed by atoms with Crippen LogP contribution in [0.15, 0.2) is 24.3 Å². The van der Waals surface area contributed by atoms with E-state index in [0.717, 1.165) is 12.8 Å². The largest absolute Gasteiger partial charge is 0.494 e. The molecule has 0 fully saturated rings. The average Bonchev–Trinajstić information content (AvgIpc) is 2.45. The van der Waals surface area contributed by atoms with E-state index in [2.05, 4.69) is 12.2 Å². The lowest BCUT2D eigenvalue weighted by atomic mass is 10.1. The molecule has 1 rings (SSSR count). The third-order valence-electron chi connectivity index (χ3n) is 2.89. The van der Waals surface area contributed by atoms with Crippen LogP contribution in [0.3, 0.4) is 0 Å². The minimum absolute atomic E-state index is 0.347. The van der Waals surface area contributed by atoms with Crippen molar-refractivity contribution in [1.29, 1.82) is 0 Å². The summed E-state index contributed by atoms with van der Waals surface area (Å²) in [5.41, 5.74) is 0.424. The lowest BCUT2D eigenvalue weighted by molar-refractivity contribution is -0.139. The SMILES string of the molecule is CCCCOc1ccc(C(=O)N[C@H](CC)C(=O)O)cc1. The Morgan fingerprint density at radius 2 is 1.90 bits per heavy atom. The van der Waals surface area contributed by atoms with E-state index >= 15 is 0 Å². The number of amides is 1. The van der Waals surface area contributed by atoms with E-state index in [1.165, 1.54) is 0 Å². The Morgan fingerprint density at radius 3 is 2.40 bits per heavy atom. The highest BCUT2D eigenvalue weighted by atomic mass is 16.5. The number of aliphatic carboxylic acids is 1. The molecule has 0 spiro atoms. The van der Waals surface area contributed by atoms with Gasteiger partial charge in [0.2, 0.25) is 0 Å². The first-order valence-electron chi connectivity index (χ1n) is 6.85. The van der Waals surface area contributed by atoms with Gasteiger partial charge in [-0.15, -0.1) is 0 Å². The molecule has 0 unspecified atom stereocenters. The molecule has 0 saturated carbocycles. The van der Waals surface area contributed by atoms with Crippen molar-refractivity contribution >= 4 is 11.9 Å². The van der Waals surface area contributed by atoms with E-state index in [1.807, 2.05) is 0 Å². The summed E-state index contributed by atoms with van der Waals surface area (Å²) in [6, 6.07) is 5.83. The van der Waals surface area contributed by atoms with Gasteiger partial charge in [0.1, 0.15) is 11.8 Å². The third kappa shape index (κ3) is 4.91. The van der Waals surface area contributed by atoms with E-state index in [1.54, 1.807) is 31.2 Å². The van der Waals surface area contributed by atoms with Gasteiger partial charge in [-0.05, 0) is 37.1 Å². The number of rotatable bonds is 8. The molecule has 0 aliphatic carbocycles. The molecule has 5 nitrogen and oxygen atoms in total. The molecule has 1 amide bonds. The highest BCUT2D eigenvalue weighted by molar-refractivity contribution is 5.96. The molecule has 0 saturated heterocycles. The molecule has 0 radical (unpaired) electrons. The number of ether oxygens (including phenoxy) is 1. The van der Waals surface area contributed by atoms with E-state index < -0.39 is 12.0 Å². The molecular formula is C15H21NO4. The number of carboxylic acid groups (broad SMARTS) is 1. The Kier molecular flexibility index (Phi) is 6.56. The number of nitrogens with one attached hydrogen (secondary N) is 1. The normalized spacial score (nSPS) is 11.7. The second-order valence-electron chi connectivity index (χ2n) is 4.50. The Hall–Kier alpha value is -2.04. The Bertz CT molecular complexity index is 442. The van der Waals surface area contributed by atoms with Gasteiger partial charge < -0.3 is 15.2 Å². The van der Waals surface area contributed by atoms with Crippen LogP contribution in [0.1, 0.15) is 43.5 Å². The molecular weight excluding hydrogens is 258 g/mol. The summed E-state index contributed by atoms with van der Waals surface area (Å²) >= 11 is 0. The van der Waals surface area contributed by atoms with Crippen molar-refractivity contribution < 1.29 is 19.4 Å². The van der Waals surface area contributed by atoms with Crippen LogP contribution in [0, 0.1) is 0 Å². The van der Waals surface area contributed by atoms with Crippen molar-refractivity contribution in [1.82, 2.24) is 5.32 Å². The fourth-order valence-electron chi connectivity index (χ4n) is 1.62. The van der Waals surface area contributed by atoms with Crippen LogP contribution in [0.5, 0.6) is 5.75 Å². The highest BCUT2D eigenvalue weighted by Gasteiger charge is 2.18. The van der Waals surface area contributed by atoms with Crippen molar-refractivity contribution in [2.75, 3.05) is 6.61 Å². The molecule has 1 aromatic carbocycles. The second-order valence-corrected chi connectivity index (χ2v) is 4.50. The maximum Gasteiger partial charge on any atom is 0.326 e. The number of hydrogen-bond acceptors (Lipinski definition) is 3. The fraction of sp³-hybridized carbons (Fsp3) is 0.467. The molecule has 2 N–H and O–H groups in total. The van der Waals surface area contributed by atoms with Crippen LogP contribution in [0.4, 0.5) is 0 Å². The van der Waals surface area contributed by atoms with Crippen LogP contribution < -0.4 is 10.1 Å². The topological polar surface area (TPSA) is 75.6 Å². The van der Waals surface area contributed by atoms with Crippen LogP contribution in [0.25, 0.3) is 0 Å². The predicted molar refractivity (Wildman–Crippen MR) is 76.0 cm³/mol. The van der Waals surface area contributed by atoms with Crippen LogP contribution in [-0.2, 0) is 4.79 Å². The van der Waals surface area contributed by atoms with Crippen molar-refractivity contribution in [3.05, 3.63) is 29.8 Å². The minimum Gasteiger partial charge on any atom is -0.494 e. The molecule has 0 aromatic heterocycles. The summed E-state index contributed by atoms with van der Waals surface area (Å²) in [7, 11) is 0. The van der Waals surface area contributed by atoms with Gasteiger partial charge in [-0.25, -0.2) is 4.79 Å². The van der Waals surface area contributed by atoms with Gasteiger partial charge in [0, 0.05) is 5.56 Å². The first kappa shape index (κ1) is 16.0. The maximum atomic E-state index is 11.9. The first-order valence-corrected chi connectivity index (χ1v) is 6.85. The van der Waals surface area contributed by atoms with Crippen molar-refractivity contribution in [3.63, 3.8) is 0 Å². The van der Waals surface area contributed by atoms with Gasteiger partial charge in [-0.2, -0.15) is 0 Å². The van der Waals surface area contributed by atoms with Crippen molar-refractivity contribution in [3.8, 4) is 5.75 Å². The third-order valence-corrected chi connectivity index (χ3v) is 2.89. The van der Waals surface area contributed by atoms with E-state index in [0.29, 0.717) is 24.3 Å². The number of carbonyl (C=O) groups is 2. The molecule has 0 aliphatic rings. The van der Waals surface area contributed by atoms with Gasteiger partial charge in [0.25, 0.3) is 5.91 Å². The van der Waals surface area contributed by atoms with Gasteiger partial charge in [0.15, 0.2) is 0 Å². The molecule has 20 heavy (non-hydrogen) atoms. The summed E-state index contributed by atoms with van der Waals surface area (Å²) in [5, 5.41) is 11.4. The summed E-state index contributed by atoms with van der Waals surface area (Å²) in [4.78, 5) is 22.7. The standard InChI is InChI=1S/C15H21NO4/c1-3-5-10-20-12-8-6-11(7-9-12)14(17)16-13(4-2)15(18)19/h6-9,13H,3-5,10H2,1-2H3,(H,16,17)(H,18,19)/t13-/m1/s1. The number of unbranched alkanes of at least 4 members (excludes halogenated alkanes) is 1. The highest BCUT2D eigenvalue weighted by Crippen LogP contribution is 2.13. The first-order chi connectivity index (χ1) is 9.58. The monoisotopic (exact) mass is 279 g/mol. The summed E-state index contributed by atoms with van der Waals surface area (Å²) in [6.45, 7) is 4.45. The summed E-state index contributed by atoms with van der Waals surface area (Å²) < 4.78 is 5.50. The van der Waals surface area contributed by atoms with Crippen LogP contribution in [0.2, 0.25) is 0 Å². The zero-order valence-electron chi connectivity index (χ0n) is 11.9. The van der Waals surface area contributed by atoms with Crippen LogP contribution >= 0.6 is 0 Å². The van der Waals surface area contributed by atoms with Gasteiger partial charge in [-0.1, -0.05) is 20.3 Å². The molecule has 5 heteroatoms. The smallest absolute Gasteiger partial charge is 0.326 e. The van der Waals surface area contributed by atoms with Gasteiger partial charge in [0.05, 0.1) is 6.61 Å². The van der Waals surface area contributed by atoms with Crippen molar-refractivity contribution in [2.24, 2.45) is 0 Å². The van der Waals surface area contributed by atoms with E-state index in [9.17, 15) is 9.59 Å². The fourth-order valence-corrected chi connectivity index (χ4v) is 1.62. The molecule has 0 heterocycles. The Labute approximate surface area is 118 Å². The van der Waals surface area contributed by atoms with Gasteiger partial charge in [-0.3, -0.25) is 4.79 Å². The molecule has 0 aliphatic heterocycles. The average molecular weight is 279 g/mol. The Balaban J connectivity index is 2.59. The van der Waals surface area contributed by atoms with E-state index in [-0.39, 0.29) is 5.91 Å². The maximum absolute atomic E-state index is 11.9. The summed E-state index contributed by atoms with van der Waals surface area (Å²) in [6.07, 6.45) is 2.40. The number of carboxylic acids is 1. The quantitative estimate of drug-likeness (QED) is 0.717. The predicted octanol–water partition coefficient (Wildman–Crippen LogP) is 2.46. The molecule has 1 aromatic rings. The Morgan fingerprint density at radius 1 is 1.25 bits per heavy atom. The van der Waals surface area contributed by atoms with Crippen molar-refractivity contribution in [2.45, 2.75) is 39.2 Å². The zero-order valence-corrected chi connectivity index (χ0v) is 11.9. The molecule has 1 atom stereocenters. The van der Waals surface area contributed by atoms with E-state index in [4.69, 9.17) is 9.84 Å². The zero-order chi connectivity index (χ0) is 15.0. The molecule has 110 valence electrons. The lowest BCUT2D eigenvalue weighted by Crippen LogP contribution is -2.40. The van der Waals surface area contributed by atoms with Crippen LogP contribution in [-0.4, -0.2) is 29.6 Å². The number of carbonyl (C=O) groups excluding carboxylic acids is 1. The molecule has 0 bridgehead atoms. The van der Waals surface area contributed by atoms with Gasteiger partial charge >= 0.3 is 5.97 Å². The second kappa shape index (κ2) is 8.19. The number of benzene rings is 1. The lowest BCUT2D eigenvalue weighted by Gasteiger charge is -2.12. The minimum atomic E-state index is -1.03. The number of hydrogen-bond donors (Lipinski definition) is 2. The summed E-state index contributed by atoms with van der Waals surface area (Å²) in [5.74, 6) is -0.708.